The van der Waals surface area contributed by atoms with Crippen molar-refractivity contribution in [3.05, 3.63) is 81.4 Å². The molecule has 53 heavy (non-hydrogen) atoms. The van der Waals surface area contributed by atoms with Crippen molar-refractivity contribution < 1.29 is 19.0 Å². The van der Waals surface area contributed by atoms with Crippen LogP contribution >= 0.6 is 0 Å². The van der Waals surface area contributed by atoms with E-state index < -0.39 is 17.7 Å². The van der Waals surface area contributed by atoms with Crippen molar-refractivity contribution in [1.29, 1.82) is 0 Å². The number of carboxylic acids is 1. The molecule has 0 radical (unpaired) electrons. The molecule has 2 bridgehead atoms. The largest absolute Gasteiger partial charge is 0.479 e. The predicted octanol–water partition coefficient (Wildman–Crippen LogP) is 7.91. The normalized spacial score (nSPS) is 22.9. The quantitative estimate of drug-likeness (QED) is 0.239. The smallest absolute Gasteiger partial charge is 0.337 e. The third kappa shape index (κ3) is 8.19. The molecular weight excluding hydrogens is 666 g/mol. The Labute approximate surface area is 316 Å². The van der Waals surface area contributed by atoms with Gasteiger partial charge in [-0.05, 0) is 119 Å². The molecule has 0 aliphatic carbocycles. The number of hydrogen-bond acceptors (Lipinski definition) is 7. The molecule has 0 unspecified atom stereocenters. The maximum atomic E-state index is 13.8. The summed E-state index contributed by atoms with van der Waals surface area (Å²) in [4.78, 5) is 28.7. The molecule has 0 spiro atoms. The zero-order valence-corrected chi connectivity index (χ0v) is 33.3. The van der Waals surface area contributed by atoms with E-state index in [4.69, 9.17) is 9.72 Å². The van der Waals surface area contributed by atoms with Crippen molar-refractivity contribution in [1.82, 2.24) is 19.7 Å². The fourth-order valence-corrected chi connectivity index (χ4v) is 9.35. The van der Waals surface area contributed by atoms with Crippen LogP contribution in [0.1, 0.15) is 106 Å². The van der Waals surface area contributed by atoms with Gasteiger partial charge in [0.2, 0.25) is 0 Å². The number of aryl methyl sites for hydroxylation is 2. The molecule has 9 heteroatoms. The number of nitrogens with zero attached hydrogens (tertiary/aromatic N) is 5. The van der Waals surface area contributed by atoms with Crippen molar-refractivity contribution >= 4 is 11.7 Å². The van der Waals surface area contributed by atoms with Crippen LogP contribution in [0.25, 0.3) is 11.1 Å². The van der Waals surface area contributed by atoms with E-state index in [1.807, 2.05) is 40.7 Å². The van der Waals surface area contributed by atoms with Gasteiger partial charge >= 0.3 is 5.97 Å². The van der Waals surface area contributed by atoms with E-state index in [1.165, 1.54) is 24.0 Å². The molecule has 3 fully saturated rings. The van der Waals surface area contributed by atoms with Crippen LogP contribution in [0.4, 0.5) is 10.1 Å². The van der Waals surface area contributed by atoms with Crippen molar-refractivity contribution in [2.45, 2.75) is 124 Å². The second-order valence-electron chi connectivity index (χ2n) is 18.2. The lowest BCUT2D eigenvalue weighted by molar-refractivity contribution is -0.160. The number of hydrogen-bond donors (Lipinski definition) is 1. The zero-order valence-electron chi connectivity index (χ0n) is 33.3. The van der Waals surface area contributed by atoms with Crippen LogP contribution < -0.4 is 4.90 Å². The molecule has 3 saturated heterocycles. The molecule has 3 aromatic rings. The van der Waals surface area contributed by atoms with E-state index in [1.54, 1.807) is 12.1 Å². The predicted molar refractivity (Wildman–Crippen MR) is 210 cm³/mol. The maximum Gasteiger partial charge on any atom is 0.337 e. The van der Waals surface area contributed by atoms with Crippen LogP contribution in [0.5, 0.6) is 0 Å². The Morgan fingerprint density at radius 1 is 1.00 bits per heavy atom. The number of ether oxygens (including phenoxy) is 1. The third-order valence-corrected chi connectivity index (χ3v) is 12.3. The van der Waals surface area contributed by atoms with Gasteiger partial charge in [-0.2, -0.15) is 0 Å². The van der Waals surface area contributed by atoms with Crippen LogP contribution in [0.3, 0.4) is 0 Å². The molecule has 4 aliphatic rings. The summed E-state index contributed by atoms with van der Waals surface area (Å²) in [6.07, 6.45) is 4.20. The Balaban J connectivity index is 1.35. The minimum Gasteiger partial charge on any atom is -0.479 e. The van der Waals surface area contributed by atoms with Gasteiger partial charge in [-0.1, -0.05) is 38.1 Å². The minimum atomic E-state index is -1.15. The number of halogens is 1. The van der Waals surface area contributed by atoms with Gasteiger partial charge in [0.25, 0.3) is 0 Å². The molecule has 4 aliphatic heterocycles. The summed E-state index contributed by atoms with van der Waals surface area (Å²) >= 11 is 0. The number of benzene rings is 2. The summed E-state index contributed by atoms with van der Waals surface area (Å²) in [5.74, 6) is -1.18. The summed E-state index contributed by atoms with van der Waals surface area (Å²) in [7, 11) is 2.23. The number of rotatable bonds is 9. The van der Waals surface area contributed by atoms with Crippen LogP contribution in [0.15, 0.2) is 36.4 Å². The molecule has 1 N–H and O–H groups in total. The van der Waals surface area contributed by atoms with E-state index in [0.29, 0.717) is 17.6 Å². The average molecular weight is 726 g/mol. The standard InChI is InChI=1S/C44H60FN5O3/c1-28-21-34(45)12-11-32(28)23-48-18-15-30-22-31(9-10-33(30)24-48)39-37(27-50-35-13-14-36(50)26-47(8)25-35)46-29(2)38(41(42(51)52)53-43(3,4)5)40(39)49-19-16-44(6,7)17-20-49/h9-12,21-22,35-36,41H,13-20,23-27H2,1-8H3,(H,51,52)/t35-,36+,41-/m0/s1. The number of pyridine rings is 1. The number of fused-ring (bicyclic) bond motifs is 3. The van der Waals surface area contributed by atoms with Gasteiger partial charge in [0.15, 0.2) is 6.10 Å². The summed E-state index contributed by atoms with van der Waals surface area (Å²) in [5.41, 5.74) is 9.96. The highest BCUT2D eigenvalue weighted by Gasteiger charge is 2.41. The van der Waals surface area contributed by atoms with Crippen LogP contribution in [0, 0.1) is 25.1 Å². The molecule has 0 saturated carbocycles. The zero-order chi connectivity index (χ0) is 37.8. The number of likely N-dealkylation sites (N-methyl/N-ethyl adjacent to an activating group) is 1. The number of anilines is 1. The van der Waals surface area contributed by atoms with Gasteiger partial charge < -0.3 is 19.6 Å². The van der Waals surface area contributed by atoms with E-state index in [0.717, 1.165) is 111 Å². The fraction of sp³-hybridized carbons (Fsp3) is 0.591. The first-order chi connectivity index (χ1) is 25.0. The molecule has 1 aromatic heterocycles. The van der Waals surface area contributed by atoms with Crippen LogP contribution in [-0.4, -0.2) is 88.2 Å². The van der Waals surface area contributed by atoms with Gasteiger partial charge in [-0.15, -0.1) is 0 Å². The Bertz CT molecular complexity index is 1830. The molecule has 2 aromatic carbocycles. The highest BCUT2D eigenvalue weighted by molar-refractivity contribution is 5.88. The second kappa shape index (κ2) is 14.7. The average Bonchev–Trinajstić information content (AvgIpc) is 3.31. The van der Waals surface area contributed by atoms with Crippen LogP contribution in [0.2, 0.25) is 0 Å². The second-order valence-corrected chi connectivity index (χ2v) is 18.2. The van der Waals surface area contributed by atoms with E-state index >= 15 is 0 Å². The van der Waals surface area contributed by atoms with E-state index in [2.05, 4.69) is 58.7 Å². The van der Waals surface area contributed by atoms with Crippen LogP contribution in [-0.2, 0) is 35.6 Å². The summed E-state index contributed by atoms with van der Waals surface area (Å²) < 4.78 is 20.3. The minimum absolute atomic E-state index is 0.191. The van der Waals surface area contributed by atoms with Crippen molar-refractivity contribution in [3.8, 4) is 11.1 Å². The monoisotopic (exact) mass is 725 g/mol. The lowest BCUT2D eigenvalue weighted by Gasteiger charge is -2.42. The van der Waals surface area contributed by atoms with E-state index in [-0.39, 0.29) is 11.2 Å². The highest BCUT2D eigenvalue weighted by atomic mass is 19.1. The Morgan fingerprint density at radius 3 is 2.34 bits per heavy atom. The molecule has 7 rings (SSSR count). The van der Waals surface area contributed by atoms with Crippen molar-refractivity contribution in [2.24, 2.45) is 5.41 Å². The molecule has 0 amide bonds. The molecular formula is C44H60FN5O3. The van der Waals surface area contributed by atoms with Gasteiger partial charge in [-0.3, -0.25) is 14.8 Å². The number of carbonyl (C=O) groups is 1. The molecule has 286 valence electrons. The number of piperazine rings is 1. The van der Waals surface area contributed by atoms with Crippen molar-refractivity contribution in [2.75, 3.05) is 44.7 Å². The first-order valence-corrected chi connectivity index (χ1v) is 19.8. The maximum absolute atomic E-state index is 13.8. The molecule has 8 nitrogen and oxygen atoms in total. The number of carboxylic acid groups (broad SMARTS) is 1. The van der Waals surface area contributed by atoms with Gasteiger partial charge in [0.1, 0.15) is 5.82 Å². The first kappa shape index (κ1) is 37.9. The van der Waals surface area contributed by atoms with E-state index in [9.17, 15) is 14.3 Å². The Kier molecular flexibility index (Phi) is 10.5. The van der Waals surface area contributed by atoms with Crippen molar-refractivity contribution in [3.63, 3.8) is 0 Å². The summed E-state index contributed by atoms with van der Waals surface area (Å²) in [6, 6.07) is 13.0. The number of aromatic nitrogens is 1. The highest BCUT2D eigenvalue weighted by Crippen LogP contribution is 2.46. The Hall–Kier alpha value is -3.37. The van der Waals surface area contributed by atoms with Gasteiger partial charge in [-0.25, -0.2) is 9.18 Å². The number of aliphatic carboxylic acids is 1. The number of piperidine rings is 1. The molecule has 5 heterocycles. The lowest BCUT2D eigenvalue weighted by Crippen LogP contribution is -2.51. The molecule has 3 atom stereocenters. The SMILES string of the molecule is Cc1cc(F)ccc1CN1CCc2cc(-c3c(CN4[C@@H]5CC[C@H]4CN(C)C5)nc(C)c([C@H](OC(C)(C)C)C(=O)O)c3N3CCC(C)(C)CC3)ccc2C1. The Morgan fingerprint density at radius 2 is 1.70 bits per heavy atom. The van der Waals surface area contributed by atoms with Gasteiger partial charge in [0, 0.05) is 81.3 Å². The lowest BCUT2D eigenvalue weighted by atomic mass is 9.81. The van der Waals surface area contributed by atoms with Gasteiger partial charge in [0.05, 0.1) is 17.0 Å². The third-order valence-electron chi connectivity index (χ3n) is 12.3. The topological polar surface area (TPSA) is 72.4 Å². The summed E-state index contributed by atoms with van der Waals surface area (Å²) in [5, 5.41) is 10.8. The first-order valence-electron chi connectivity index (χ1n) is 19.8. The number of likely N-dealkylation sites (tertiary alicyclic amines) is 1. The fourth-order valence-electron chi connectivity index (χ4n) is 9.35. The summed E-state index contributed by atoms with van der Waals surface area (Å²) in [6.45, 7) is 21.5.